The van der Waals surface area contributed by atoms with Crippen LogP contribution in [-0.2, 0) is 19.4 Å². The minimum Gasteiger partial charge on any atom is -0.481 e. The van der Waals surface area contributed by atoms with E-state index in [2.05, 4.69) is 5.32 Å². The fourth-order valence-corrected chi connectivity index (χ4v) is 1.80. The van der Waals surface area contributed by atoms with Crippen molar-refractivity contribution < 1.29 is 27.9 Å². The number of nitrogens with one attached hydrogen (secondary N) is 2. The van der Waals surface area contributed by atoms with Crippen LogP contribution in [0.5, 0.6) is 0 Å². The van der Waals surface area contributed by atoms with Crippen molar-refractivity contribution in [1.82, 2.24) is 10.6 Å². The Kier molecular flexibility index (Phi) is 7.73. The van der Waals surface area contributed by atoms with Gasteiger partial charge in [-0.05, 0) is 6.42 Å². The third kappa shape index (κ3) is 10.0. The smallest absolute Gasteiger partial charge is 0.321 e. The van der Waals surface area contributed by atoms with Gasteiger partial charge in [0.15, 0.2) is 9.84 Å². The van der Waals surface area contributed by atoms with E-state index in [4.69, 9.17) is 5.11 Å². The summed E-state index contributed by atoms with van der Waals surface area (Å²) in [6.45, 7) is 1.42. The van der Waals surface area contributed by atoms with Crippen LogP contribution in [0.3, 0.4) is 0 Å². The first kappa shape index (κ1) is 17.4. The number of carboxylic acid groups (broad SMARTS) is 1. The Bertz CT molecular complexity index is 431. The number of urea groups is 1. The van der Waals surface area contributed by atoms with Gasteiger partial charge in [-0.2, -0.15) is 0 Å². The number of amides is 3. The highest BCUT2D eigenvalue weighted by molar-refractivity contribution is 7.91. The highest BCUT2D eigenvalue weighted by Crippen LogP contribution is 1.94. The van der Waals surface area contributed by atoms with Gasteiger partial charge in [0.05, 0.1) is 5.75 Å². The van der Waals surface area contributed by atoms with Gasteiger partial charge in [-0.25, -0.2) is 13.2 Å². The molecule has 0 bridgehead atoms. The molecule has 0 saturated heterocycles. The van der Waals surface area contributed by atoms with Crippen molar-refractivity contribution in [2.24, 2.45) is 0 Å². The second-order valence-electron chi connectivity index (χ2n) is 3.79. The average Bonchev–Trinajstić information content (AvgIpc) is 2.28. The Balaban J connectivity index is 3.80. The lowest BCUT2D eigenvalue weighted by molar-refractivity contribution is -0.137. The number of sulfone groups is 1. The number of rotatable bonds is 8. The number of aliphatic carboxylic acids is 1. The van der Waals surface area contributed by atoms with Crippen molar-refractivity contribution in [2.45, 2.75) is 26.2 Å². The van der Waals surface area contributed by atoms with Crippen LogP contribution in [0.2, 0.25) is 0 Å². The molecule has 0 aromatic carbocycles. The van der Waals surface area contributed by atoms with Gasteiger partial charge in [-0.3, -0.25) is 14.9 Å². The van der Waals surface area contributed by atoms with E-state index in [0.717, 1.165) is 0 Å². The fourth-order valence-electron chi connectivity index (χ4n) is 1.10. The van der Waals surface area contributed by atoms with Gasteiger partial charge in [-0.15, -0.1) is 0 Å². The van der Waals surface area contributed by atoms with Gasteiger partial charge in [0.25, 0.3) is 0 Å². The van der Waals surface area contributed by atoms with Crippen molar-refractivity contribution in [3.8, 4) is 0 Å². The van der Waals surface area contributed by atoms with E-state index in [1.54, 1.807) is 0 Å². The van der Waals surface area contributed by atoms with Crippen LogP contribution in [0.1, 0.15) is 26.2 Å². The molecule has 0 aliphatic carbocycles. The fraction of sp³-hybridized carbons (Fsp3) is 0.700. The largest absolute Gasteiger partial charge is 0.481 e. The van der Waals surface area contributed by atoms with E-state index < -0.39 is 27.7 Å². The van der Waals surface area contributed by atoms with Crippen LogP contribution in [0, 0.1) is 0 Å². The molecule has 0 heterocycles. The molecular weight excluding hydrogens is 276 g/mol. The monoisotopic (exact) mass is 294 g/mol. The zero-order chi connectivity index (χ0) is 14.9. The van der Waals surface area contributed by atoms with Crippen LogP contribution < -0.4 is 10.6 Å². The molecule has 0 fully saturated rings. The lowest BCUT2D eigenvalue weighted by atomic mass is 10.2. The molecule has 3 amide bonds. The Morgan fingerprint density at radius 2 is 1.79 bits per heavy atom. The molecule has 0 rings (SSSR count). The van der Waals surface area contributed by atoms with Crippen LogP contribution >= 0.6 is 0 Å². The quantitative estimate of drug-likeness (QED) is 0.553. The lowest BCUT2D eigenvalue weighted by Gasteiger charge is -2.06. The Labute approximate surface area is 111 Å². The lowest BCUT2D eigenvalue weighted by Crippen LogP contribution is -2.41. The van der Waals surface area contributed by atoms with Crippen LogP contribution in [0.25, 0.3) is 0 Å². The summed E-state index contributed by atoms with van der Waals surface area (Å²) in [5.41, 5.74) is 0. The first-order chi connectivity index (χ1) is 8.76. The summed E-state index contributed by atoms with van der Waals surface area (Å²) < 4.78 is 22.2. The number of hydrogen-bond donors (Lipinski definition) is 3. The van der Waals surface area contributed by atoms with Crippen molar-refractivity contribution in [3.05, 3.63) is 0 Å². The zero-order valence-corrected chi connectivity index (χ0v) is 11.5. The van der Waals surface area contributed by atoms with Crippen molar-refractivity contribution in [3.63, 3.8) is 0 Å². The normalized spacial score (nSPS) is 10.8. The first-order valence-corrected chi connectivity index (χ1v) is 7.59. The Morgan fingerprint density at radius 1 is 1.16 bits per heavy atom. The number of imide groups is 1. The molecule has 0 saturated carbocycles. The van der Waals surface area contributed by atoms with Crippen molar-refractivity contribution in [1.29, 1.82) is 0 Å². The van der Waals surface area contributed by atoms with E-state index in [9.17, 15) is 22.8 Å². The minimum atomic E-state index is -3.16. The average molecular weight is 294 g/mol. The molecule has 19 heavy (non-hydrogen) atoms. The maximum absolute atomic E-state index is 11.2. The summed E-state index contributed by atoms with van der Waals surface area (Å²) in [7, 11) is -3.16. The molecule has 3 N–H and O–H groups in total. The molecule has 8 nitrogen and oxygen atoms in total. The third-order valence-electron chi connectivity index (χ3n) is 2.19. The van der Waals surface area contributed by atoms with Crippen molar-refractivity contribution in [2.75, 3.05) is 18.1 Å². The topological polar surface area (TPSA) is 130 Å². The highest BCUT2D eigenvalue weighted by atomic mass is 32.2. The predicted octanol–water partition coefficient (Wildman–Crippen LogP) is -0.498. The molecule has 0 unspecified atom stereocenters. The van der Waals surface area contributed by atoms with Gasteiger partial charge in [0.2, 0.25) is 5.91 Å². The van der Waals surface area contributed by atoms with Gasteiger partial charge >= 0.3 is 12.0 Å². The molecule has 0 aliphatic rings. The van der Waals surface area contributed by atoms with Crippen LogP contribution in [0.15, 0.2) is 0 Å². The van der Waals surface area contributed by atoms with E-state index in [1.807, 2.05) is 5.32 Å². The molecule has 0 aliphatic heterocycles. The number of hydrogen-bond acceptors (Lipinski definition) is 5. The number of carbonyl (C=O) groups is 3. The van der Waals surface area contributed by atoms with E-state index in [-0.39, 0.29) is 37.3 Å². The van der Waals surface area contributed by atoms with Gasteiger partial charge in [0.1, 0.15) is 0 Å². The highest BCUT2D eigenvalue weighted by Gasteiger charge is 2.10. The first-order valence-electron chi connectivity index (χ1n) is 5.76. The maximum Gasteiger partial charge on any atom is 0.321 e. The van der Waals surface area contributed by atoms with Gasteiger partial charge in [-0.1, -0.05) is 6.92 Å². The summed E-state index contributed by atoms with van der Waals surface area (Å²) >= 11 is 0. The summed E-state index contributed by atoms with van der Waals surface area (Å²) in [6, 6.07) is -0.786. The molecule has 0 aromatic rings. The van der Waals surface area contributed by atoms with Crippen molar-refractivity contribution >= 4 is 27.7 Å². The molecule has 0 radical (unpaired) electrons. The number of carboxylic acids is 1. The SMILES string of the molecule is CCS(=O)(=O)CCNC(=O)NC(=O)CCCC(=O)O. The second-order valence-corrected chi connectivity index (χ2v) is 6.26. The van der Waals surface area contributed by atoms with E-state index in [1.165, 1.54) is 6.92 Å². The van der Waals surface area contributed by atoms with Crippen LogP contribution in [0.4, 0.5) is 4.79 Å². The van der Waals surface area contributed by atoms with E-state index >= 15 is 0 Å². The predicted molar refractivity (Wildman–Crippen MR) is 67.4 cm³/mol. The summed E-state index contributed by atoms with van der Waals surface area (Å²) in [6.07, 6.45) is -0.0879. The van der Waals surface area contributed by atoms with Crippen LogP contribution in [-0.4, -0.2) is 49.5 Å². The maximum atomic E-state index is 11.2. The molecule has 0 atom stereocenters. The standard InChI is InChI=1S/C10H18N2O6S/c1-2-19(17,18)7-6-11-10(16)12-8(13)4-3-5-9(14)15/h2-7H2,1H3,(H,14,15)(H2,11,12,13,16). The van der Waals surface area contributed by atoms with Gasteiger partial charge < -0.3 is 10.4 Å². The molecule has 0 aromatic heterocycles. The third-order valence-corrected chi connectivity index (χ3v) is 3.89. The molecule has 9 heteroatoms. The summed E-state index contributed by atoms with van der Waals surface area (Å²) in [5.74, 6) is -1.81. The van der Waals surface area contributed by atoms with E-state index in [0.29, 0.717) is 0 Å². The second kappa shape index (κ2) is 8.46. The Morgan fingerprint density at radius 3 is 2.32 bits per heavy atom. The minimum absolute atomic E-state index is 0.00951. The number of carbonyl (C=O) groups excluding carboxylic acids is 2. The molecular formula is C10H18N2O6S. The van der Waals surface area contributed by atoms with Gasteiger partial charge in [0, 0.05) is 25.1 Å². The summed E-state index contributed by atoms with van der Waals surface area (Å²) in [5, 5.41) is 12.6. The Hall–Kier alpha value is -1.64. The molecule has 110 valence electrons. The summed E-state index contributed by atoms with van der Waals surface area (Å²) in [4.78, 5) is 32.5. The molecule has 0 spiro atoms. The zero-order valence-electron chi connectivity index (χ0n) is 10.6.